The van der Waals surface area contributed by atoms with Crippen LogP contribution in [0.15, 0.2) is 12.1 Å². The van der Waals surface area contributed by atoms with Gasteiger partial charge in [-0.25, -0.2) is 0 Å². The molecule has 2 aliphatic rings. The highest BCUT2D eigenvalue weighted by molar-refractivity contribution is 5.45. The fourth-order valence-electron chi connectivity index (χ4n) is 3.70. The average molecular weight is 288 g/mol. The molecule has 0 aliphatic carbocycles. The molecule has 116 valence electrons. The second-order valence-corrected chi connectivity index (χ2v) is 6.61. The first-order chi connectivity index (χ1) is 10.2. The molecule has 2 heterocycles. The summed E-state index contributed by atoms with van der Waals surface area (Å²) in [6.45, 7) is 6.96. The fraction of sp³-hybridized carbons (Fsp3) is 0.667. The smallest absolute Gasteiger partial charge is 0.123 e. The summed E-state index contributed by atoms with van der Waals surface area (Å²) in [4.78, 5) is 5.00. The SMILES string of the molecule is COc1cc2c(cc1CN1CCCCC1)CCN(C)C2C. The Morgan fingerprint density at radius 2 is 1.90 bits per heavy atom. The summed E-state index contributed by atoms with van der Waals surface area (Å²) >= 11 is 0. The van der Waals surface area contributed by atoms with Crippen molar-refractivity contribution < 1.29 is 4.74 Å². The molecule has 0 spiro atoms. The summed E-state index contributed by atoms with van der Waals surface area (Å²) in [6, 6.07) is 5.19. The van der Waals surface area contributed by atoms with E-state index < -0.39 is 0 Å². The molecule has 21 heavy (non-hydrogen) atoms. The zero-order valence-corrected chi connectivity index (χ0v) is 13.7. The highest BCUT2D eigenvalue weighted by atomic mass is 16.5. The summed E-state index contributed by atoms with van der Waals surface area (Å²) in [5.41, 5.74) is 4.34. The van der Waals surface area contributed by atoms with Crippen molar-refractivity contribution in [3.63, 3.8) is 0 Å². The molecule has 0 aromatic heterocycles. The molecule has 1 unspecified atom stereocenters. The van der Waals surface area contributed by atoms with Crippen molar-refractivity contribution in [3.8, 4) is 5.75 Å². The third-order valence-corrected chi connectivity index (χ3v) is 5.23. The highest BCUT2D eigenvalue weighted by Crippen LogP contribution is 2.34. The molecule has 2 aliphatic heterocycles. The molecule has 1 fully saturated rings. The molecule has 1 saturated heterocycles. The van der Waals surface area contributed by atoms with Gasteiger partial charge in [-0.15, -0.1) is 0 Å². The lowest BCUT2D eigenvalue weighted by Crippen LogP contribution is -2.31. The number of ether oxygens (including phenoxy) is 1. The van der Waals surface area contributed by atoms with Crippen LogP contribution < -0.4 is 4.74 Å². The first-order valence-electron chi connectivity index (χ1n) is 8.31. The van der Waals surface area contributed by atoms with E-state index in [4.69, 9.17) is 4.74 Å². The Hall–Kier alpha value is -1.06. The summed E-state index contributed by atoms with van der Waals surface area (Å²) in [5.74, 6) is 1.07. The van der Waals surface area contributed by atoms with E-state index in [0.717, 1.165) is 25.3 Å². The van der Waals surface area contributed by atoms with E-state index >= 15 is 0 Å². The van der Waals surface area contributed by atoms with Gasteiger partial charge in [0.25, 0.3) is 0 Å². The minimum Gasteiger partial charge on any atom is -0.496 e. The van der Waals surface area contributed by atoms with Gasteiger partial charge in [-0.3, -0.25) is 9.80 Å². The zero-order valence-electron chi connectivity index (χ0n) is 13.7. The van der Waals surface area contributed by atoms with Crippen LogP contribution in [0.3, 0.4) is 0 Å². The lowest BCUT2D eigenvalue weighted by Gasteiger charge is -2.33. The van der Waals surface area contributed by atoms with E-state index in [2.05, 4.69) is 35.9 Å². The van der Waals surface area contributed by atoms with Crippen molar-refractivity contribution in [1.82, 2.24) is 9.80 Å². The van der Waals surface area contributed by atoms with E-state index in [1.54, 1.807) is 7.11 Å². The summed E-state index contributed by atoms with van der Waals surface area (Å²) in [7, 11) is 4.01. The number of likely N-dealkylation sites (N-methyl/N-ethyl adjacent to an activating group) is 1. The number of nitrogens with zero attached hydrogens (tertiary/aromatic N) is 2. The molecule has 1 aromatic rings. The minimum absolute atomic E-state index is 0.492. The van der Waals surface area contributed by atoms with Crippen molar-refractivity contribution in [1.29, 1.82) is 0 Å². The maximum Gasteiger partial charge on any atom is 0.123 e. The van der Waals surface area contributed by atoms with Gasteiger partial charge in [0.05, 0.1) is 7.11 Å². The maximum absolute atomic E-state index is 5.69. The molecule has 1 atom stereocenters. The van der Waals surface area contributed by atoms with Crippen molar-refractivity contribution in [2.45, 2.75) is 45.2 Å². The molecular formula is C18H28N2O. The van der Waals surface area contributed by atoms with Crippen molar-refractivity contribution in [2.24, 2.45) is 0 Å². The predicted octanol–water partition coefficient (Wildman–Crippen LogP) is 3.23. The molecule has 0 amide bonds. The summed E-state index contributed by atoms with van der Waals surface area (Å²) < 4.78 is 5.69. The fourth-order valence-corrected chi connectivity index (χ4v) is 3.70. The van der Waals surface area contributed by atoms with E-state index in [9.17, 15) is 0 Å². The van der Waals surface area contributed by atoms with Gasteiger partial charge in [-0.2, -0.15) is 0 Å². The standard InChI is InChI=1S/C18H28N2O/c1-14-17-12-18(21-3)16(11-15(17)7-10-19(14)2)13-20-8-5-4-6-9-20/h11-12,14H,4-10,13H2,1-3H3. The Bertz CT molecular complexity index is 494. The Kier molecular flexibility index (Phi) is 4.51. The third kappa shape index (κ3) is 3.09. The molecule has 3 nitrogen and oxygen atoms in total. The van der Waals surface area contributed by atoms with Gasteiger partial charge in [-0.05, 0) is 63.5 Å². The van der Waals surface area contributed by atoms with Crippen LogP contribution in [0.25, 0.3) is 0 Å². The van der Waals surface area contributed by atoms with Gasteiger partial charge in [0, 0.05) is 24.7 Å². The molecular weight excluding hydrogens is 260 g/mol. The highest BCUT2D eigenvalue weighted by Gasteiger charge is 2.23. The van der Waals surface area contributed by atoms with Crippen LogP contribution in [0.5, 0.6) is 5.75 Å². The minimum atomic E-state index is 0.492. The molecule has 3 heteroatoms. The summed E-state index contributed by atoms with van der Waals surface area (Å²) in [6.07, 6.45) is 5.24. The van der Waals surface area contributed by atoms with Crippen LogP contribution in [-0.4, -0.2) is 43.6 Å². The number of likely N-dealkylation sites (tertiary alicyclic amines) is 1. The van der Waals surface area contributed by atoms with E-state index in [1.165, 1.54) is 49.0 Å². The lowest BCUT2D eigenvalue weighted by atomic mass is 9.91. The van der Waals surface area contributed by atoms with Crippen molar-refractivity contribution >= 4 is 0 Å². The predicted molar refractivity (Wildman–Crippen MR) is 86.9 cm³/mol. The Labute approximate surface area is 128 Å². The number of methoxy groups -OCH3 is 1. The van der Waals surface area contributed by atoms with Gasteiger partial charge in [0.15, 0.2) is 0 Å². The number of piperidine rings is 1. The van der Waals surface area contributed by atoms with E-state index in [0.29, 0.717) is 6.04 Å². The lowest BCUT2D eigenvalue weighted by molar-refractivity contribution is 0.217. The first-order valence-corrected chi connectivity index (χ1v) is 8.31. The number of rotatable bonds is 3. The van der Waals surface area contributed by atoms with Gasteiger partial charge in [-0.1, -0.05) is 12.5 Å². The van der Waals surface area contributed by atoms with Crippen LogP contribution in [-0.2, 0) is 13.0 Å². The quantitative estimate of drug-likeness (QED) is 0.849. The molecule has 1 aromatic carbocycles. The molecule has 3 rings (SSSR count). The first kappa shape index (κ1) is 14.9. The zero-order chi connectivity index (χ0) is 14.8. The van der Waals surface area contributed by atoms with Crippen LogP contribution >= 0.6 is 0 Å². The molecule has 0 radical (unpaired) electrons. The number of fused-ring (bicyclic) bond motifs is 1. The van der Waals surface area contributed by atoms with Crippen LogP contribution in [0.2, 0.25) is 0 Å². The van der Waals surface area contributed by atoms with Crippen LogP contribution in [0.4, 0.5) is 0 Å². The average Bonchev–Trinajstić information content (AvgIpc) is 2.52. The normalized spacial score (nSPS) is 23.9. The topological polar surface area (TPSA) is 15.7 Å². The van der Waals surface area contributed by atoms with E-state index in [-0.39, 0.29) is 0 Å². The number of hydrogen-bond acceptors (Lipinski definition) is 3. The van der Waals surface area contributed by atoms with Crippen molar-refractivity contribution in [2.75, 3.05) is 33.8 Å². The Morgan fingerprint density at radius 1 is 1.14 bits per heavy atom. The Balaban J connectivity index is 1.86. The molecule has 0 N–H and O–H groups in total. The van der Waals surface area contributed by atoms with Gasteiger partial charge >= 0.3 is 0 Å². The van der Waals surface area contributed by atoms with Crippen LogP contribution in [0.1, 0.15) is 48.9 Å². The van der Waals surface area contributed by atoms with E-state index in [1.807, 2.05) is 0 Å². The second-order valence-electron chi connectivity index (χ2n) is 6.61. The Morgan fingerprint density at radius 3 is 2.62 bits per heavy atom. The number of hydrogen-bond donors (Lipinski definition) is 0. The van der Waals surface area contributed by atoms with Gasteiger partial charge in [0.1, 0.15) is 5.75 Å². The monoisotopic (exact) mass is 288 g/mol. The van der Waals surface area contributed by atoms with Crippen LogP contribution in [0, 0.1) is 0 Å². The largest absolute Gasteiger partial charge is 0.496 e. The summed E-state index contributed by atoms with van der Waals surface area (Å²) in [5, 5.41) is 0. The van der Waals surface area contributed by atoms with Gasteiger partial charge in [0.2, 0.25) is 0 Å². The maximum atomic E-state index is 5.69. The van der Waals surface area contributed by atoms with Crippen molar-refractivity contribution in [3.05, 3.63) is 28.8 Å². The second kappa shape index (κ2) is 6.37. The third-order valence-electron chi connectivity index (χ3n) is 5.23. The molecule has 0 bridgehead atoms. The van der Waals surface area contributed by atoms with Gasteiger partial charge < -0.3 is 4.74 Å². The number of benzene rings is 1. The molecule has 0 saturated carbocycles.